The van der Waals surface area contributed by atoms with E-state index < -0.39 is 63.5 Å². The van der Waals surface area contributed by atoms with E-state index in [0.29, 0.717) is 16.8 Å². The number of phenolic OH excluding ortho intramolecular Hbond substituents is 1. The van der Waals surface area contributed by atoms with Gasteiger partial charge >= 0.3 is 0 Å². The van der Waals surface area contributed by atoms with Crippen molar-refractivity contribution < 1.29 is 39.6 Å². The van der Waals surface area contributed by atoms with Crippen LogP contribution in [0.25, 0.3) is 16.9 Å². The van der Waals surface area contributed by atoms with Crippen molar-refractivity contribution in [2.24, 2.45) is 23.0 Å². The van der Waals surface area contributed by atoms with Crippen molar-refractivity contribution >= 4 is 34.8 Å². The van der Waals surface area contributed by atoms with E-state index >= 15 is 0 Å². The Balaban J connectivity index is 1.62. The first-order valence-electron chi connectivity index (χ1n) is 13.9. The molecule has 0 heterocycles. The lowest BCUT2D eigenvalue weighted by molar-refractivity contribution is -0.153. The maximum Gasteiger partial charge on any atom is 0.255 e. The number of Topliss-reactive ketones (excluding diaryl/α,β-unsaturated/α-hetero) is 2. The van der Waals surface area contributed by atoms with Crippen LogP contribution in [0.5, 0.6) is 5.75 Å². The highest BCUT2D eigenvalue weighted by molar-refractivity contribution is 6.24. The van der Waals surface area contributed by atoms with Gasteiger partial charge in [0.2, 0.25) is 11.7 Å². The number of anilines is 1. The summed E-state index contributed by atoms with van der Waals surface area (Å²) in [5.74, 6) is -7.10. The zero-order chi connectivity index (χ0) is 31.8. The molecule has 2 amide bonds. The van der Waals surface area contributed by atoms with Gasteiger partial charge in [0, 0.05) is 22.6 Å². The molecule has 226 valence electrons. The molecule has 5 rings (SSSR count). The quantitative estimate of drug-likeness (QED) is 0.291. The molecule has 0 aromatic heterocycles. The number of likely N-dealkylation sites (N-methyl/N-ethyl adjacent to an activating group) is 1. The third kappa shape index (κ3) is 4.50. The highest BCUT2D eigenvalue weighted by atomic mass is 16.3. The van der Waals surface area contributed by atoms with Crippen LogP contribution < -0.4 is 11.1 Å². The topological polar surface area (TPSA) is 190 Å². The Bertz CT molecular complexity index is 1650. The molecule has 2 aromatic rings. The summed E-state index contributed by atoms with van der Waals surface area (Å²) in [7, 11) is 3.11. The van der Waals surface area contributed by atoms with Gasteiger partial charge in [-0.25, -0.2) is 0 Å². The van der Waals surface area contributed by atoms with Crippen LogP contribution in [0.4, 0.5) is 5.69 Å². The number of primary amides is 1. The lowest BCUT2D eigenvalue weighted by Crippen LogP contribution is -2.65. The van der Waals surface area contributed by atoms with Crippen LogP contribution in [0.1, 0.15) is 38.3 Å². The van der Waals surface area contributed by atoms with Crippen molar-refractivity contribution in [3.05, 3.63) is 64.4 Å². The highest BCUT2D eigenvalue weighted by Crippen LogP contribution is 2.53. The number of amides is 2. The van der Waals surface area contributed by atoms with Gasteiger partial charge < -0.3 is 31.5 Å². The van der Waals surface area contributed by atoms with Gasteiger partial charge in [0.25, 0.3) is 5.91 Å². The Morgan fingerprint density at radius 1 is 1.02 bits per heavy atom. The molecule has 3 aliphatic carbocycles. The average molecular weight is 590 g/mol. The van der Waals surface area contributed by atoms with Gasteiger partial charge in [-0.3, -0.25) is 24.1 Å². The number of carbonyl (C=O) groups excluding carboxylic acids is 4. The first-order valence-corrected chi connectivity index (χ1v) is 13.9. The number of benzene rings is 2. The largest absolute Gasteiger partial charge is 0.508 e. The standard InChI is InChI=1S/C32H35N3O8/c1-31(2,3)30(42)34-16-8-6-14(7-9-16)17-10-11-20(36)22-18(17)12-15-13-19-24(35(4)5)26(38)23(29(33)41)28(40)32(19,43)27(39)21(15)25(22)37/h6-11,15,19,24,36-37,40,43H,12-13H2,1-5H3,(H2,33,41)(H,34,42). The number of carbonyl (C=O) groups is 4. The van der Waals surface area contributed by atoms with Crippen molar-refractivity contribution in [3.63, 3.8) is 0 Å². The minimum Gasteiger partial charge on any atom is -0.508 e. The summed E-state index contributed by atoms with van der Waals surface area (Å²) in [6.45, 7) is 5.42. The molecule has 4 unspecified atom stereocenters. The molecule has 3 aliphatic rings. The predicted molar refractivity (Wildman–Crippen MR) is 158 cm³/mol. The van der Waals surface area contributed by atoms with Crippen LogP contribution in [-0.4, -0.2) is 74.4 Å². The SMILES string of the molecule is CN(C)C1C(=O)C(C(N)=O)=C(O)C2(O)C(=O)C3=C(O)c4c(O)ccc(-c5ccc(NC(=O)C(C)(C)C)cc5)c4CC3CC12. The fraction of sp³-hybridized carbons (Fsp3) is 0.375. The Hall–Kier alpha value is -4.48. The lowest BCUT2D eigenvalue weighted by Gasteiger charge is -2.50. The molecule has 43 heavy (non-hydrogen) atoms. The van der Waals surface area contributed by atoms with E-state index in [2.05, 4.69) is 5.32 Å². The summed E-state index contributed by atoms with van der Waals surface area (Å²) in [5.41, 5.74) is 3.60. The molecule has 0 bridgehead atoms. The van der Waals surface area contributed by atoms with Crippen LogP contribution in [0.2, 0.25) is 0 Å². The number of nitrogens with zero attached hydrogens (tertiary/aromatic N) is 1. The second kappa shape index (κ2) is 10.1. The molecule has 1 saturated carbocycles. The van der Waals surface area contributed by atoms with Crippen molar-refractivity contribution in [3.8, 4) is 16.9 Å². The number of rotatable bonds is 4. The highest BCUT2D eigenvalue weighted by Gasteiger charge is 2.64. The average Bonchev–Trinajstić information content (AvgIpc) is 2.90. The number of aliphatic hydroxyl groups excluding tert-OH is 2. The molecule has 1 fully saturated rings. The second-order valence-electron chi connectivity index (χ2n) is 12.7. The zero-order valence-electron chi connectivity index (χ0n) is 24.6. The second-order valence-corrected chi connectivity index (χ2v) is 12.7. The van der Waals surface area contributed by atoms with Crippen molar-refractivity contribution in [2.75, 3.05) is 19.4 Å². The molecule has 0 saturated heterocycles. The van der Waals surface area contributed by atoms with Crippen LogP contribution in [0.3, 0.4) is 0 Å². The van der Waals surface area contributed by atoms with Gasteiger partial charge in [0.1, 0.15) is 22.8 Å². The molecular weight excluding hydrogens is 554 g/mol. The van der Waals surface area contributed by atoms with Gasteiger partial charge in [-0.1, -0.05) is 39.0 Å². The molecule has 4 atom stereocenters. The van der Waals surface area contributed by atoms with Gasteiger partial charge in [-0.05, 0) is 67.7 Å². The molecule has 0 spiro atoms. The van der Waals surface area contributed by atoms with E-state index in [1.165, 1.54) is 11.0 Å². The number of hydrogen-bond acceptors (Lipinski definition) is 9. The minimum absolute atomic E-state index is 0.00136. The zero-order valence-corrected chi connectivity index (χ0v) is 24.6. The molecular formula is C32H35N3O8. The van der Waals surface area contributed by atoms with E-state index in [0.717, 1.165) is 5.56 Å². The Labute approximate surface area is 248 Å². The predicted octanol–water partition coefficient (Wildman–Crippen LogP) is 2.62. The molecule has 2 aromatic carbocycles. The van der Waals surface area contributed by atoms with E-state index in [1.54, 1.807) is 44.4 Å². The number of nitrogens with one attached hydrogen (secondary N) is 1. The molecule has 7 N–H and O–H groups in total. The summed E-state index contributed by atoms with van der Waals surface area (Å²) in [6.07, 6.45) is 0.166. The summed E-state index contributed by atoms with van der Waals surface area (Å²) in [6, 6.07) is 8.99. The monoisotopic (exact) mass is 589 g/mol. The third-order valence-electron chi connectivity index (χ3n) is 8.74. The maximum absolute atomic E-state index is 14.0. The number of aromatic hydroxyl groups is 1. The smallest absolute Gasteiger partial charge is 0.255 e. The fourth-order valence-electron chi connectivity index (χ4n) is 6.57. The number of fused-ring (bicyclic) bond motifs is 3. The van der Waals surface area contributed by atoms with Crippen molar-refractivity contribution in [1.29, 1.82) is 0 Å². The first-order chi connectivity index (χ1) is 20.0. The van der Waals surface area contributed by atoms with Gasteiger partial charge in [-0.15, -0.1) is 0 Å². The molecule has 11 nitrogen and oxygen atoms in total. The van der Waals surface area contributed by atoms with Crippen molar-refractivity contribution in [2.45, 2.75) is 45.3 Å². The summed E-state index contributed by atoms with van der Waals surface area (Å²) in [5, 5.41) is 47.9. The summed E-state index contributed by atoms with van der Waals surface area (Å²) >= 11 is 0. The Morgan fingerprint density at radius 2 is 1.65 bits per heavy atom. The van der Waals surface area contributed by atoms with Gasteiger partial charge in [0.05, 0.1) is 11.6 Å². The number of ketones is 2. The number of phenols is 1. The normalized spacial score (nSPS) is 25.3. The summed E-state index contributed by atoms with van der Waals surface area (Å²) < 4.78 is 0. The minimum atomic E-state index is -2.69. The van der Waals surface area contributed by atoms with Gasteiger partial charge in [-0.2, -0.15) is 0 Å². The van der Waals surface area contributed by atoms with Crippen LogP contribution in [-0.2, 0) is 25.6 Å². The number of hydrogen-bond donors (Lipinski definition) is 6. The van der Waals surface area contributed by atoms with Crippen LogP contribution in [0, 0.1) is 17.3 Å². The maximum atomic E-state index is 14.0. The van der Waals surface area contributed by atoms with Gasteiger partial charge in [0.15, 0.2) is 11.4 Å². The fourth-order valence-corrected chi connectivity index (χ4v) is 6.57. The van der Waals surface area contributed by atoms with Crippen LogP contribution >= 0.6 is 0 Å². The van der Waals surface area contributed by atoms with E-state index in [1.807, 2.05) is 20.8 Å². The van der Waals surface area contributed by atoms with Crippen molar-refractivity contribution in [1.82, 2.24) is 4.90 Å². The van der Waals surface area contributed by atoms with E-state index in [4.69, 9.17) is 5.73 Å². The first kappa shape index (κ1) is 30.0. The Morgan fingerprint density at radius 3 is 2.21 bits per heavy atom. The number of nitrogens with two attached hydrogens (primary N) is 1. The molecule has 0 aliphatic heterocycles. The van der Waals surface area contributed by atoms with Crippen LogP contribution in [0.15, 0.2) is 53.3 Å². The number of aliphatic hydroxyl groups is 3. The van der Waals surface area contributed by atoms with E-state index in [-0.39, 0.29) is 35.6 Å². The molecule has 11 heteroatoms. The summed E-state index contributed by atoms with van der Waals surface area (Å²) in [4.78, 5) is 53.3. The molecule has 0 radical (unpaired) electrons. The lowest BCUT2D eigenvalue weighted by atomic mass is 9.57. The Kier molecular flexibility index (Phi) is 7.02. The van der Waals surface area contributed by atoms with E-state index in [9.17, 15) is 39.6 Å². The third-order valence-corrected chi connectivity index (χ3v) is 8.74.